The normalized spacial score (nSPS) is 25.0. The van der Waals surface area contributed by atoms with Gasteiger partial charge in [-0.3, -0.25) is 4.79 Å². The van der Waals surface area contributed by atoms with E-state index >= 15 is 0 Å². The van der Waals surface area contributed by atoms with Crippen LogP contribution in [0.1, 0.15) is 51.4 Å². The van der Waals surface area contributed by atoms with Gasteiger partial charge in [0.25, 0.3) is 0 Å². The predicted molar refractivity (Wildman–Crippen MR) is 78.6 cm³/mol. The SMILES string of the molecule is C#CCCC1(CCC(=O)N2CCOCC23CCCC3)N=N1. The highest BCUT2D eigenvalue weighted by atomic mass is 16.5. The molecule has 0 bridgehead atoms. The molecule has 0 N–H and O–H groups in total. The molecular formula is C16H23N3O2. The average Bonchev–Trinajstić information content (AvgIpc) is 3.15. The van der Waals surface area contributed by atoms with Crippen LogP contribution in [0.25, 0.3) is 0 Å². The average molecular weight is 289 g/mol. The molecule has 1 amide bonds. The van der Waals surface area contributed by atoms with Gasteiger partial charge < -0.3 is 9.64 Å². The quantitative estimate of drug-likeness (QED) is 0.730. The fourth-order valence-corrected chi connectivity index (χ4v) is 3.68. The first-order valence-corrected chi connectivity index (χ1v) is 7.96. The molecule has 1 saturated heterocycles. The lowest BCUT2D eigenvalue weighted by Crippen LogP contribution is -2.57. The van der Waals surface area contributed by atoms with Crippen molar-refractivity contribution in [1.82, 2.24) is 4.90 Å². The topological polar surface area (TPSA) is 54.3 Å². The van der Waals surface area contributed by atoms with Crippen molar-refractivity contribution in [3.05, 3.63) is 0 Å². The number of hydrogen-bond donors (Lipinski definition) is 0. The van der Waals surface area contributed by atoms with Crippen molar-refractivity contribution >= 4 is 5.91 Å². The molecule has 1 aliphatic carbocycles. The van der Waals surface area contributed by atoms with Gasteiger partial charge in [-0.2, -0.15) is 10.2 Å². The van der Waals surface area contributed by atoms with Crippen molar-refractivity contribution in [3.63, 3.8) is 0 Å². The summed E-state index contributed by atoms with van der Waals surface area (Å²) >= 11 is 0. The van der Waals surface area contributed by atoms with Crippen LogP contribution in [0.2, 0.25) is 0 Å². The van der Waals surface area contributed by atoms with E-state index in [1.165, 1.54) is 12.8 Å². The van der Waals surface area contributed by atoms with E-state index < -0.39 is 0 Å². The van der Waals surface area contributed by atoms with Gasteiger partial charge in [0.05, 0.1) is 18.8 Å². The van der Waals surface area contributed by atoms with Crippen LogP contribution in [-0.4, -0.2) is 41.8 Å². The summed E-state index contributed by atoms with van der Waals surface area (Å²) in [4.78, 5) is 14.7. The van der Waals surface area contributed by atoms with Gasteiger partial charge in [-0.25, -0.2) is 0 Å². The molecule has 0 aromatic heterocycles. The Hall–Kier alpha value is -1.41. The molecule has 0 aromatic carbocycles. The maximum atomic E-state index is 12.7. The van der Waals surface area contributed by atoms with Gasteiger partial charge in [-0.15, -0.1) is 12.3 Å². The Bertz CT molecular complexity index is 468. The molecule has 0 radical (unpaired) electrons. The van der Waals surface area contributed by atoms with Crippen molar-refractivity contribution in [2.24, 2.45) is 10.2 Å². The Morgan fingerprint density at radius 3 is 2.71 bits per heavy atom. The summed E-state index contributed by atoms with van der Waals surface area (Å²) < 4.78 is 5.65. The third-order valence-electron chi connectivity index (χ3n) is 5.03. The molecular weight excluding hydrogens is 266 g/mol. The van der Waals surface area contributed by atoms with Gasteiger partial charge in [0, 0.05) is 32.2 Å². The van der Waals surface area contributed by atoms with E-state index in [-0.39, 0.29) is 17.1 Å². The largest absolute Gasteiger partial charge is 0.377 e. The number of morpholine rings is 1. The minimum Gasteiger partial charge on any atom is -0.377 e. The van der Waals surface area contributed by atoms with E-state index in [4.69, 9.17) is 11.2 Å². The first-order chi connectivity index (χ1) is 10.2. The van der Waals surface area contributed by atoms with Gasteiger partial charge in [-0.05, 0) is 12.8 Å². The fraction of sp³-hybridized carbons (Fsp3) is 0.812. The third kappa shape index (κ3) is 2.96. The van der Waals surface area contributed by atoms with E-state index in [1.807, 2.05) is 0 Å². The second kappa shape index (κ2) is 5.76. The van der Waals surface area contributed by atoms with Crippen molar-refractivity contribution < 1.29 is 9.53 Å². The molecule has 1 saturated carbocycles. The zero-order valence-electron chi connectivity index (χ0n) is 12.5. The second-order valence-corrected chi connectivity index (χ2v) is 6.42. The van der Waals surface area contributed by atoms with E-state index in [0.717, 1.165) is 25.8 Å². The molecule has 21 heavy (non-hydrogen) atoms. The zero-order chi connectivity index (χ0) is 14.8. The number of nitrogens with zero attached hydrogens (tertiary/aromatic N) is 3. The van der Waals surface area contributed by atoms with Gasteiger partial charge >= 0.3 is 0 Å². The molecule has 0 aromatic rings. The van der Waals surface area contributed by atoms with Gasteiger partial charge in [-0.1, -0.05) is 12.8 Å². The minimum absolute atomic E-state index is 0.0286. The van der Waals surface area contributed by atoms with Crippen LogP contribution in [-0.2, 0) is 9.53 Å². The van der Waals surface area contributed by atoms with Gasteiger partial charge in [0.2, 0.25) is 5.91 Å². The lowest BCUT2D eigenvalue weighted by Gasteiger charge is -2.45. The number of terminal acetylenes is 1. The third-order valence-corrected chi connectivity index (χ3v) is 5.03. The number of rotatable bonds is 5. The standard InChI is InChI=1S/C16H23N3O2/c1-2-3-9-16(17-18-16)10-6-14(20)19-11-12-21-13-15(19)7-4-5-8-15/h1H,3-13H2. The number of ether oxygens (including phenoxy) is 1. The lowest BCUT2D eigenvalue weighted by molar-refractivity contribution is -0.149. The number of hydrogen-bond acceptors (Lipinski definition) is 4. The molecule has 5 heteroatoms. The minimum atomic E-state index is -0.350. The maximum Gasteiger partial charge on any atom is 0.223 e. The van der Waals surface area contributed by atoms with E-state index in [1.54, 1.807) is 0 Å². The first kappa shape index (κ1) is 14.5. The number of carbonyl (C=O) groups excluding carboxylic acids is 1. The highest BCUT2D eigenvalue weighted by molar-refractivity contribution is 5.77. The van der Waals surface area contributed by atoms with E-state index in [0.29, 0.717) is 32.5 Å². The van der Waals surface area contributed by atoms with E-state index in [9.17, 15) is 4.79 Å². The van der Waals surface area contributed by atoms with Crippen LogP contribution in [0.4, 0.5) is 0 Å². The summed E-state index contributed by atoms with van der Waals surface area (Å²) in [6.45, 7) is 2.09. The van der Waals surface area contributed by atoms with Crippen LogP contribution < -0.4 is 0 Å². The Balaban J connectivity index is 1.56. The van der Waals surface area contributed by atoms with Gasteiger partial charge in [0.1, 0.15) is 0 Å². The van der Waals surface area contributed by atoms with Crippen molar-refractivity contribution in [3.8, 4) is 12.3 Å². The summed E-state index contributed by atoms with van der Waals surface area (Å²) in [5.41, 5.74) is -0.379. The van der Waals surface area contributed by atoms with Crippen LogP contribution in [0.5, 0.6) is 0 Å². The highest BCUT2D eigenvalue weighted by Gasteiger charge is 2.45. The summed E-state index contributed by atoms with van der Waals surface area (Å²) in [6, 6.07) is 0. The summed E-state index contributed by atoms with van der Waals surface area (Å²) in [6.07, 6.45) is 12.5. The van der Waals surface area contributed by atoms with Crippen LogP contribution >= 0.6 is 0 Å². The summed E-state index contributed by atoms with van der Waals surface area (Å²) in [7, 11) is 0. The molecule has 0 unspecified atom stereocenters. The van der Waals surface area contributed by atoms with Gasteiger partial charge in [0.15, 0.2) is 5.66 Å². The molecule has 3 rings (SSSR count). The molecule has 3 aliphatic rings. The van der Waals surface area contributed by atoms with E-state index in [2.05, 4.69) is 21.0 Å². The smallest absolute Gasteiger partial charge is 0.223 e. The summed E-state index contributed by atoms with van der Waals surface area (Å²) in [5, 5.41) is 8.22. The fourth-order valence-electron chi connectivity index (χ4n) is 3.68. The monoisotopic (exact) mass is 289 g/mol. The molecule has 2 fully saturated rings. The Morgan fingerprint density at radius 1 is 1.29 bits per heavy atom. The number of carbonyl (C=O) groups is 1. The Labute approximate surface area is 126 Å². The molecule has 2 aliphatic heterocycles. The molecule has 114 valence electrons. The zero-order valence-corrected chi connectivity index (χ0v) is 12.5. The van der Waals surface area contributed by atoms with Crippen LogP contribution in [0.3, 0.4) is 0 Å². The Kier molecular flexibility index (Phi) is 3.99. The predicted octanol–water partition coefficient (Wildman–Crippen LogP) is 2.51. The lowest BCUT2D eigenvalue weighted by atomic mass is 9.93. The van der Waals surface area contributed by atoms with Crippen molar-refractivity contribution in [2.45, 2.75) is 62.6 Å². The van der Waals surface area contributed by atoms with Crippen LogP contribution in [0.15, 0.2) is 10.2 Å². The first-order valence-electron chi connectivity index (χ1n) is 7.96. The molecule has 1 spiro atoms. The van der Waals surface area contributed by atoms with Crippen molar-refractivity contribution in [2.75, 3.05) is 19.8 Å². The highest BCUT2D eigenvalue weighted by Crippen LogP contribution is 2.40. The molecule has 5 nitrogen and oxygen atoms in total. The molecule has 0 atom stereocenters. The summed E-state index contributed by atoms with van der Waals surface area (Å²) in [5.74, 6) is 2.86. The number of amides is 1. The molecule has 2 heterocycles. The maximum absolute atomic E-state index is 12.7. The second-order valence-electron chi connectivity index (χ2n) is 6.42. The Morgan fingerprint density at radius 2 is 2.05 bits per heavy atom. The van der Waals surface area contributed by atoms with Crippen LogP contribution in [0, 0.1) is 12.3 Å². The van der Waals surface area contributed by atoms with Crippen molar-refractivity contribution in [1.29, 1.82) is 0 Å².